The van der Waals surface area contributed by atoms with Crippen LogP contribution in [0.15, 0.2) is 16.4 Å². The fourth-order valence-corrected chi connectivity index (χ4v) is 1.50. The molecular formula is C6H4KN4O7+. The molecule has 11 nitrogen and oxygen atoms in total. The zero-order valence-electron chi connectivity index (χ0n) is 8.92. The molecule has 90 valence electrons. The van der Waals surface area contributed by atoms with Crippen LogP contribution >= 0.6 is 0 Å². The van der Waals surface area contributed by atoms with Gasteiger partial charge in [-0.1, -0.05) is 0 Å². The van der Waals surface area contributed by atoms with Crippen LogP contribution in [0.4, 0.5) is 0 Å². The number of hydrogen-bond donors (Lipinski definition) is 1. The van der Waals surface area contributed by atoms with Crippen LogP contribution in [0.3, 0.4) is 0 Å². The van der Waals surface area contributed by atoms with Crippen molar-refractivity contribution in [3.63, 3.8) is 0 Å². The van der Waals surface area contributed by atoms with Crippen LogP contribution in [0.5, 0.6) is 0 Å². The van der Waals surface area contributed by atoms with Crippen LogP contribution in [0.1, 0.15) is 23.5 Å². The molecule has 0 fully saturated rings. The quantitative estimate of drug-likeness (QED) is 0.247. The molecule has 0 saturated carbocycles. The standard InChI is InChI=1S/C6H4N4O7.K/c11-6-3(9(14)15)1-2(8(12)13)4-5(6)10(16)17-7-4;/h1-2,6,11H;/q;+1. The molecule has 0 spiro atoms. The van der Waals surface area contributed by atoms with Gasteiger partial charge < -0.3 is 10.3 Å². The summed E-state index contributed by atoms with van der Waals surface area (Å²) >= 11 is 0. The summed E-state index contributed by atoms with van der Waals surface area (Å²) < 4.78 is 4.09. The minimum Gasteiger partial charge on any atom is -0.374 e. The zero-order valence-corrected chi connectivity index (χ0v) is 12.0. The molecule has 1 aromatic heterocycles. The third-order valence-electron chi connectivity index (χ3n) is 2.26. The fraction of sp³-hybridized carbons (Fsp3) is 0.333. The summed E-state index contributed by atoms with van der Waals surface area (Å²) in [4.78, 5) is 19.1. The van der Waals surface area contributed by atoms with Crippen molar-refractivity contribution in [2.24, 2.45) is 0 Å². The maximum atomic E-state index is 11.1. The van der Waals surface area contributed by atoms with E-state index in [1.165, 1.54) is 0 Å². The number of nitro groups is 2. The molecule has 1 N–H and O–H groups in total. The molecule has 0 radical (unpaired) electrons. The second-order valence-corrected chi connectivity index (χ2v) is 3.18. The van der Waals surface area contributed by atoms with E-state index in [2.05, 4.69) is 9.79 Å². The van der Waals surface area contributed by atoms with Crippen molar-refractivity contribution >= 4 is 0 Å². The Morgan fingerprint density at radius 2 is 2.06 bits per heavy atom. The van der Waals surface area contributed by atoms with Crippen LogP contribution in [-0.2, 0) is 0 Å². The van der Waals surface area contributed by atoms with E-state index in [0.717, 1.165) is 0 Å². The average molecular weight is 283 g/mol. The molecular weight excluding hydrogens is 279 g/mol. The van der Waals surface area contributed by atoms with Crippen LogP contribution in [0, 0.1) is 25.4 Å². The van der Waals surface area contributed by atoms with E-state index < -0.39 is 39.1 Å². The first-order chi connectivity index (χ1) is 7.93. The third kappa shape index (κ3) is 2.30. The fourth-order valence-electron chi connectivity index (χ4n) is 1.50. The van der Waals surface area contributed by atoms with E-state index in [-0.39, 0.29) is 56.3 Å². The molecule has 2 unspecified atom stereocenters. The maximum absolute atomic E-state index is 11.1. The minimum atomic E-state index is -1.90. The van der Waals surface area contributed by atoms with E-state index in [9.17, 15) is 30.5 Å². The van der Waals surface area contributed by atoms with E-state index in [4.69, 9.17) is 0 Å². The second kappa shape index (κ2) is 5.37. The van der Waals surface area contributed by atoms with Crippen LogP contribution in [0.25, 0.3) is 0 Å². The number of hydrogen-bond acceptors (Lipinski definition) is 8. The Bertz CT molecular complexity index is 540. The summed E-state index contributed by atoms with van der Waals surface area (Å²) in [5.41, 5.74) is -1.93. The van der Waals surface area contributed by atoms with Crippen molar-refractivity contribution < 1.29 is 75.9 Å². The monoisotopic (exact) mass is 283 g/mol. The van der Waals surface area contributed by atoms with Gasteiger partial charge in [-0.25, -0.2) is 0 Å². The van der Waals surface area contributed by atoms with Gasteiger partial charge >= 0.3 is 63.1 Å². The molecule has 1 aliphatic carbocycles. The Morgan fingerprint density at radius 3 is 2.56 bits per heavy atom. The smallest absolute Gasteiger partial charge is 0.374 e. The van der Waals surface area contributed by atoms with Crippen molar-refractivity contribution in [2.45, 2.75) is 12.1 Å². The summed E-state index contributed by atoms with van der Waals surface area (Å²) in [5.74, 6) is 0. The van der Waals surface area contributed by atoms with E-state index in [1.54, 1.807) is 0 Å². The number of nitrogens with zero attached hydrogens (tertiary/aromatic N) is 4. The Kier molecular flexibility index (Phi) is 4.52. The third-order valence-corrected chi connectivity index (χ3v) is 2.26. The molecule has 1 aromatic rings. The summed E-state index contributed by atoms with van der Waals surface area (Å²) in [6.07, 6.45) is -1.28. The summed E-state index contributed by atoms with van der Waals surface area (Å²) in [6, 6.07) is -1.69. The molecule has 0 aliphatic heterocycles. The number of fused-ring (bicyclic) bond motifs is 1. The van der Waals surface area contributed by atoms with Gasteiger partial charge in [-0.2, -0.15) is 0 Å². The zero-order chi connectivity index (χ0) is 12.7. The molecule has 1 heterocycles. The molecule has 0 amide bonds. The van der Waals surface area contributed by atoms with Crippen LogP contribution in [0.2, 0.25) is 0 Å². The van der Waals surface area contributed by atoms with Crippen molar-refractivity contribution in [2.75, 3.05) is 0 Å². The maximum Gasteiger partial charge on any atom is 1.00 e. The van der Waals surface area contributed by atoms with Crippen LogP contribution in [-0.4, -0.2) is 20.1 Å². The molecule has 1 aliphatic rings. The molecule has 18 heavy (non-hydrogen) atoms. The Morgan fingerprint density at radius 1 is 1.44 bits per heavy atom. The van der Waals surface area contributed by atoms with Gasteiger partial charge in [0.05, 0.1) is 11.0 Å². The summed E-state index contributed by atoms with van der Waals surface area (Å²) in [7, 11) is 0. The molecule has 0 bridgehead atoms. The Hall–Kier alpha value is -0.924. The Balaban J connectivity index is 0.00000162. The van der Waals surface area contributed by atoms with Gasteiger partial charge in [-0.05, 0) is 4.90 Å². The predicted molar refractivity (Wildman–Crippen MR) is 45.2 cm³/mol. The first kappa shape index (κ1) is 15.1. The SMILES string of the molecule is O=[N+]([O-])C1=CC([N+](=O)[O-])c2no[n+]([O-])c2C1O.[K+]. The number of aromatic nitrogens is 2. The van der Waals surface area contributed by atoms with Gasteiger partial charge in [0.25, 0.3) is 5.70 Å². The van der Waals surface area contributed by atoms with Crippen molar-refractivity contribution in [3.8, 4) is 0 Å². The first-order valence-corrected chi connectivity index (χ1v) is 4.20. The van der Waals surface area contributed by atoms with Crippen molar-refractivity contribution in [1.82, 2.24) is 5.16 Å². The summed E-state index contributed by atoms with van der Waals surface area (Å²) in [6.45, 7) is 0. The second-order valence-electron chi connectivity index (χ2n) is 3.18. The molecule has 2 atom stereocenters. The van der Waals surface area contributed by atoms with Crippen molar-refractivity contribution in [1.29, 1.82) is 0 Å². The van der Waals surface area contributed by atoms with Gasteiger partial charge in [-0.3, -0.25) is 24.9 Å². The molecule has 2 rings (SSSR count). The van der Waals surface area contributed by atoms with E-state index >= 15 is 0 Å². The molecule has 0 saturated heterocycles. The van der Waals surface area contributed by atoms with Gasteiger partial charge in [0.2, 0.25) is 11.8 Å². The van der Waals surface area contributed by atoms with Crippen LogP contribution < -0.4 is 56.3 Å². The predicted octanol–water partition coefficient (Wildman–Crippen LogP) is -4.16. The van der Waals surface area contributed by atoms with Gasteiger partial charge in [-0.15, -0.1) is 0 Å². The minimum absolute atomic E-state index is 0. The largest absolute Gasteiger partial charge is 1.00 e. The van der Waals surface area contributed by atoms with E-state index in [0.29, 0.717) is 6.08 Å². The molecule has 12 heteroatoms. The van der Waals surface area contributed by atoms with Gasteiger partial charge in [0.15, 0.2) is 0 Å². The number of aliphatic hydroxyl groups is 1. The topological polar surface area (TPSA) is 159 Å². The Labute approximate surface area is 140 Å². The number of rotatable bonds is 2. The van der Waals surface area contributed by atoms with Gasteiger partial charge in [0, 0.05) is 10.1 Å². The van der Waals surface area contributed by atoms with E-state index in [1.807, 2.05) is 0 Å². The van der Waals surface area contributed by atoms with Gasteiger partial charge in [0.1, 0.15) is 0 Å². The van der Waals surface area contributed by atoms with Crippen molar-refractivity contribution in [3.05, 3.63) is 48.6 Å². The average Bonchev–Trinajstić information content (AvgIpc) is 2.61. The summed E-state index contributed by atoms with van der Waals surface area (Å²) in [5, 5.41) is 44.9. The molecule has 0 aromatic carbocycles. The number of aliphatic hydroxyl groups excluding tert-OH is 1. The first-order valence-electron chi connectivity index (χ1n) is 4.20. The normalized spacial score (nSPS) is 21.5.